The van der Waals surface area contributed by atoms with Crippen LogP contribution >= 0.6 is 0 Å². The highest BCUT2D eigenvalue weighted by molar-refractivity contribution is 6.61. The highest BCUT2D eigenvalue weighted by Gasteiger charge is 2.36. The molecule has 1 atom stereocenters. The van der Waals surface area contributed by atoms with E-state index in [0.29, 0.717) is 31.3 Å². The van der Waals surface area contributed by atoms with Gasteiger partial charge < -0.3 is 24.9 Å². The van der Waals surface area contributed by atoms with Gasteiger partial charge >= 0.3 is 7.12 Å². The van der Waals surface area contributed by atoms with E-state index >= 15 is 0 Å². The summed E-state index contributed by atoms with van der Waals surface area (Å²) in [7, 11) is -0.917. The summed E-state index contributed by atoms with van der Waals surface area (Å²) in [6, 6.07) is 3.61. The lowest BCUT2D eigenvalue weighted by Crippen LogP contribution is -2.29. The van der Waals surface area contributed by atoms with Gasteiger partial charge in [-0.15, -0.1) is 0 Å². The third-order valence-corrected chi connectivity index (χ3v) is 2.87. The number of nitrogens with two attached hydrogens (primary N) is 1. The minimum absolute atomic E-state index is 0.263. The molecular formula is C10H12BNO4. The molecule has 0 saturated heterocycles. The van der Waals surface area contributed by atoms with E-state index in [1.807, 2.05) is 6.07 Å². The fraction of sp³-hybridized carbons (Fsp3) is 0.400. The third kappa shape index (κ3) is 1.38. The van der Waals surface area contributed by atoms with Crippen molar-refractivity contribution in [1.29, 1.82) is 0 Å². The quantitative estimate of drug-likeness (QED) is 0.606. The zero-order valence-corrected chi connectivity index (χ0v) is 8.68. The maximum atomic E-state index is 9.71. The number of rotatable bonds is 1. The van der Waals surface area contributed by atoms with Gasteiger partial charge in [-0.25, -0.2) is 0 Å². The zero-order valence-electron chi connectivity index (χ0n) is 8.68. The van der Waals surface area contributed by atoms with Gasteiger partial charge in [0.05, 0.1) is 6.10 Å². The molecule has 0 aromatic heterocycles. The van der Waals surface area contributed by atoms with E-state index in [9.17, 15) is 5.02 Å². The van der Waals surface area contributed by atoms with Gasteiger partial charge in [0, 0.05) is 6.54 Å². The van der Waals surface area contributed by atoms with Crippen LogP contribution in [0.2, 0.25) is 0 Å². The molecule has 0 fully saturated rings. The molecule has 0 amide bonds. The molecule has 3 rings (SSSR count). The standard InChI is InChI=1S/C10H12BNO4/c12-5-10-6-3-8-9(15-2-1-14-8)4-7(6)11(13)16-10/h3-4,10,13H,1-2,5,12H2. The lowest BCUT2D eigenvalue weighted by Gasteiger charge is -2.20. The summed E-state index contributed by atoms with van der Waals surface area (Å²) in [4.78, 5) is 0. The summed E-state index contributed by atoms with van der Waals surface area (Å²) in [5.41, 5.74) is 7.19. The number of hydrogen-bond donors (Lipinski definition) is 2. The molecule has 0 saturated carbocycles. The Hall–Kier alpha value is -1.24. The van der Waals surface area contributed by atoms with E-state index in [1.165, 1.54) is 0 Å². The summed E-state index contributed by atoms with van der Waals surface area (Å²) < 4.78 is 16.2. The molecule has 1 unspecified atom stereocenters. The van der Waals surface area contributed by atoms with Gasteiger partial charge in [0.25, 0.3) is 0 Å². The van der Waals surface area contributed by atoms with Gasteiger partial charge in [-0.1, -0.05) is 0 Å². The van der Waals surface area contributed by atoms with E-state index in [4.69, 9.17) is 19.9 Å². The molecule has 2 aliphatic rings. The molecule has 16 heavy (non-hydrogen) atoms. The second-order valence-electron chi connectivity index (χ2n) is 3.84. The Morgan fingerprint density at radius 2 is 2.00 bits per heavy atom. The van der Waals surface area contributed by atoms with Crippen molar-refractivity contribution in [2.45, 2.75) is 6.10 Å². The highest BCUT2D eigenvalue weighted by atomic mass is 16.6. The number of fused-ring (bicyclic) bond motifs is 2. The Balaban J connectivity index is 2.08. The Morgan fingerprint density at radius 1 is 1.31 bits per heavy atom. The first-order chi connectivity index (χ1) is 7.79. The number of hydrogen-bond acceptors (Lipinski definition) is 5. The minimum Gasteiger partial charge on any atom is -0.486 e. The van der Waals surface area contributed by atoms with Crippen molar-refractivity contribution in [2.75, 3.05) is 19.8 Å². The van der Waals surface area contributed by atoms with E-state index in [1.54, 1.807) is 6.07 Å². The average molecular weight is 221 g/mol. The second-order valence-corrected chi connectivity index (χ2v) is 3.84. The van der Waals surface area contributed by atoms with Crippen molar-refractivity contribution in [1.82, 2.24) is 0 Å². The fourth-order valence-electron chi connectivity index (χ4n) is 2.10. The SMILES string of the molecule is NCC1OB(O)c2cc3c(cc21)OCCO3. The smallest absolute Gasteiger partial charge is 0.486 e. The zero-order chi connectivity index (χ0) is 11.1. The van der Waals surface area contributed by atoms with Crippen molar-refractivity contribution in [3.63, 3.8) is 0 Å². The monoisotopic (exact) mass is 221 g/mol. The van der Waals surface area contributed by atoms with E-state index in [2.05, 4.69) is 0 Å². The van der Waals surface area contributed by atoms with E-state index < -0.39 is 7.12 Å². The van der Waals surface area contributed by atoms with Crippen molar-refractivity contribution >= 4 is 12.6 Å². The third-order valence-electron chi connectivity index (χ3n) is 2.87. The molecule has 2 heterocycles. The molecule has 2 aliphatic heterocycles. The maximum Gasteiger partial charge on any atom is 0.492 e. The lowest BCUT2D eigenvalue weighted by molar-refractivity contribution is 0.170. The van der Waals surface area contributed by atoms with Crippen LogP contribution in [0.5, 0.6) is 11.5 Å². The molecular weight excluding hydrogens is 209 g/mol. The van der Waals surface area contributed by atoms with Gasteiger partial charge in [0.1, 0.15) is 13.2 Å². The topological polar surface area (TPSA) is 73.9 Å². The van der Waals surface area contributed by atoms with Crippen LogP contribution in [-0.4, -0.2) is 31.9 Å². The number of ether oxygens (including phenoxy) is 2. The molecule has 6 heteroatoms. The summed E-state index contributed by atoms with van der Waals surface area (Å²) in [5.74, 6) is 1.35. The number of benzene rings is 1. The molecule has 1 aromatic rings. The molecule has 84 valence electrons. The van der Waals surface area contributed by atoms with Gasteiger partial charge in [0.15, 0.2) is 11.5 Å². The molecule has 5 nitrogen and oxygen atoms in total. The van der Waals surface area contributed by atoms with Crippen LogP contribution in [0.1, 0.15) is 11.7 Å². The fourth-order valence-corrected chi connectivity index (χ4v) is 2.10. The highest BCUT2D eigenvalue weighted by Crippen LogP contribution is 2.34. The molecule has 1 aromatic carbocycles. The Kier molecular flexibility index (Phi) is 2.28. The van der Waals surface area contributed by atoms with Crippen LogP contribution in [0.25, 0.3) is 0 Å². The molecule has 0 bridgehead atoms. The first kappa shape index (κ1) is 9.95. The van der Waals surface area contributed by atoms with Crippen LogP contribution in [0.4, 0.5) is 0 Å². The first-order valence-corrected chi connectivity index (χ1v) is 5.26. The Bertz CT molecular complexity index is 426. The predicted molar refractivity (Wildman–Crippen MR) is 57.9 cm³/mol. The lowest BCUT2D eigenvalue weighted by atomic mass is 9.79. The van der Waals surface area contributed by atoms with Crippen molar-refractivity contribution in [2.24, 2.45) is 5.73 Å². The van der Waals surface area contributed by atoms with Gasteiger partial charge in [-0.2, -0.15) is 0 Å². The maximum absolute atomic E-state index is 9.71. The van der Waals surface area contributed by atoms with Gasteiger partial charge in [0.2, 0.25) is 0 Å². The van der Waals surface area contributed by atoms with E-state index in [-0.39, 0.29) is 6.10 Å². The van der Waals surface area contributed by atoms with Crippen LogP contribution < -0.4 is 20.7 Å². The normalized spacial score (nSPS) is 22.1. The average Bonchev–Trinajstić information content (AvgIpc) is 2.63. The van der Waals surface area contributed by atoms with Crippen LogP contribution in [0, 0.1) is 0 Å². The summed E-state index contributed by atoms with van der Waals surface area (Å²) in [6.45, 7) is 1.41. The van der Waals surface area contributed by atoms with Crippen molar-refractivity contribution in [3.8, 4) is 11.5 Å². The Labute approximate surface area is 93.2 Å². The van der Waals surface area contributed by atoms with Crippen LogP contribution in [0.15, 0.2) is 12.1 Å². The second kappa shape index (κ2) is 3.66. The Morgan fingerprint density at radius 3 is 2.69 bits per heavy atom. The largest absolute Gasteiger partial charge is 0.492 e. The van der Waals surface area contributed by atoms with E-state index in [0.717, 1.165) is 11.0 Å². The van der Waals surface area contributed by atoms with Gasteiger partial charge in [-0.05, 0) is 23.2 Å². The van der Waals surface area contributed by atoms with Crippen molar-refractivity contribution < 1.29 is 19.2 Å². The predicted octanol–water partition coefficient (Wildman–Crippen LogP) is -0.825. The molecule has 3 N–H and O–H groups in total. The van der Waals surface area contributed by atoms with Crippen molar-refractivity contribution in [3.05, 3.63) is 17.7 Å². The molecule has 0 aliphatic carbocycles. The summed E-state index contributed by atoms with van der Waals surface area (Å²) >= 11 is 0. The van der Waals surface area contributed by atoms with Crippen LogP contribution in [-0.2, 0) is 4.65 Å². The van der Waals surface area contributed by atoms with Gasteiger partial charge in [-0.3, -0.25) is 0 Å². The minimum atomic E-state index is -0.917. The van der Waals surface area contributed by atoms with Crippen LogP contribution in [0.3, 0.4) is 0 Å². The first-order valence-electron chi connectivity index (χ1n) is 5.26. The molecule has 0 spiro atoms. The summed E-state index contributed by atoms with van der Waals surface area (Å²) in [6.07, 6.45) is -0.263. The molecule has 0 radical (unpaired) electrons. The summed E-state index contributed by atoms with van der Waals surface area (Å²) in [5, 5.41) is 9.71.